The standard InChI is InChI=1S/C24H30O6.C20H24O7.2CH4/c1-14-12-15(2)21-17(13-14)8-7-9-20-22(30-24(4,5)29-20)18(25)10-11-19(27-6)16(3)28-23(21)26;1-11-9-13-5-4-6-14(21)19(24)15(22)7-8-17(26-3)12(2)27-20(25)18(13)16(23)10-11;;/h7-8,10-13,16,19-20,22H,9H2,1-6H3;4-5,7-10,12,14,17,19,21,23-24H,6H2,1-3H3;2*1H4/b8-7+,11-10-;5-4+,8-7-;;/t16-,19+,20-,22+;12-,14-,17+,19-;;/m00../s1/i;;1T;. The number of aryl methyl sites for hydroxylation is 3. The number of fused-ring (bicyclic) bond motifs is 3. The Morgan fingerprint density at radius 3 is 1.76 bits per heavy atom. The number of methoxy groups -OCH3 is 2. The van der Waals surface area contributed by atoms with Gasteiger partial charge in [-0.2, -0.15) is 0 Å². The highest BCUT2D eigenvalue weighted by atomic mass is 16.8. The van der Waals surface area contributed by atoms with Crippen LogP contribution in [0.3, 0.4) is 0 Å². The summed E-state index contributed by atoms with van der Waals surface area (Å²) in [4.78, 5) is 50.4. The quantitative estimate of drug-likeness (QED) is 0.272. The first-order valence-electron chi connectivity index (χ1n) is 19.8. The van der Waals surface area contributed by atoms with Crippen molar-refractivity contribution in [1.82, 2.24) is 0 Å². The molecule has 0 unspecified atom stereocenters. The molecule has 0 radical (unpaired) electrons. The fourth-order valence-corrected chi connectivity index (χ4v) is 6.81. The Kier molecular flexibility index (Phi) is 18.1. The smallest absolute Gasteiger partial charge is 0.342 e. The fourth-order valence-electron chi connectivity index (χ4n) is 6.81. The van der Waals surface area contributed by atoms with E-state index < -0.39 is 72.3 Å². The second-order valence-electron chi connectivity index (χ2n) is 14.8. The summed E-state index contributed by atoms with van der Waals surface area (Å²) in [5.74, 6) is -3.11. The van der Waals surface area contributed by atoms with Crippen LogP contribution in [-0.2, 0) is 38.0 Å². The molecule has 8 atom stereocenters. The number of aliphatic hydroxyl groups is 2. The summed E-state index contributed by atoms with van der Waals surface area (Å²) < 4.78 is 39.3. The average Bonchev–Trinajstić information content (AvgIpc) is 3.48. The summed E-state index contributed by atoms with van der Waals surface area (Å²) in [6.45, 7) is 12.6. The van der Waals surface area contributed by atoms with Gasteiger partial charge in [0.15, 0.2) is 17.4 Å². The number of benzene rings is 2. The van der Waals surface area contributed by atoms with Gasteiger partial charge in [0.25, 0.3) is 0 Å². The van der Waals surface area contributed by atoms with Gasteiger partial charge in [-0.05, 0) is 114 Å². The zero-order chi connectivity index (χ0) is 44.2. The van der Waals surface area contributed by atoms with Crippen LogP contribution >= 0.6 is 0 Å². The summed E-state index contributed by atoms with van der Waals surface area (Å²) >= 11 is 0. The van der Waals surface area contributed by atoms with Crippen molar-refractivity contribution in [1.29, 1.82) is 0 Å². The minimum absolute atomic E-state index is 0. The molecule has 59 heavy (non-hydrogen) atoms. The second-order valence-corrected chi connectivity index (χ2v) is 14.8. The van der Waals surface area contributed by atoms with Crippen LogP contribution in [0.15, 0.2) is 60.7 Å². The number of esters is 2. The molecule has 3 aliphatic heterocycles. The lowest BCUT2D eigenvalue weighted by Gasteiger charge is -2.22. The van der Waals surface area contributed by atoms with Gasteiger partial charge in [0.2, 0.25) is 0 Å². The zero-order valence-corrected chi connectivity index (χ0v) is 34.9. The maximum atomic E-state index is 13.0. The first-order chi connectivity index (χ1) is 27.8. The van der Waals surface area contributed by atoms with Crippen LogP contribution in [-0.4, -0.2) is 108 Å². The van der Waals surface area contributed by atoms with Crippen molar-refractivity contribution in [2.45, 2.75) is 131 Å². The first kappa shape index (κ1) is 48.6. The number of rotatable bonds is 2. The van der Waals surface area contributed by atoms with Crippen molar-refractivity contribution >= 4 is 35.7 Å². The summed E-state index contributed by atoms with van der Waals surface area (Å²) in [5.41, 5.74) is 4.31. The molecule has 0 spiro atoms. The molecule has 0 aromatic heterocycles. The van der Waals surface area contributed by atoms with E-state index in [9.17, 15) is 34.5 Å². The van der Waals surface area contributed by atoms with Crippen LogP contribution in [0.2, 0.25) is 0 Å². The topological polar surface area (TPSA) is 184 Å². The van der Waals surface area contributed by atoms with Gasteiger partial charge in [-0.1, -0.05) is 62.9 Å². The van der Waals surface area contributed by atoms with E-state index in [1.807, 2.05) is 38.1 Å². The maximum Gasteiger partial charge on any atom is 0.342 e. The lowest BCUT2D eigenvalue weighted by Crippen LogP contribution is -2.33. The molecule has 13 heteroatoms. The molecule has 3 N–H and O–H groups in total. The number of hydrogen-bond donors (Lipinski definition) is 3. The van der Waals surface area contributed by atoms with Crippen molar-refractivity contribution in [2.24, 2.45) is 0 Å². The third kappa shape index (κ3) is 13.1. The molecule has 1 fully saturated rings. The molecule has 3 aliphatic rings. The van der Waals surface area contributed by atoms with Gasteiger partial charge in [0.1, 0.15) is 47.9 Å². The van der Waals surface area contributed by atoms with E-state index in [1.165, 1.54) is 52.0 Å². The number of hydrogen-bond acceptors (Lipinski definition) is 13. The van der Waals surface area contributed by atoms with Gasteiger partial charge in [-0.15, -0.1) is 0 Å². The Hall–Kier alpha value is -4.76. The monoisotopic (exact) mass is 824 g/mol. The number of ketones is 2. The Bertz CT molecular complexity index is 1930. The van der Waals surface area contributed by atoms with Crippen LogP contribution < -0.4 is 0 Å². The molecule has 324 valence electrons. The number of cyclic esters (lactones) is 2. The molecule has 0 aliphatic carbocycles. The molecule has 0 saturated carbocycles. The van der Waals surface area contributed by atoms with E-state index in [0.29, 0.717) is 17.5 Å². The summed E-state index contributed by atoms with van der Waals surface area (Å²) in [6, 6.07) is 7.04. The van der Waals surface area contributed by atoms with Crippen LogP contribution in [0.1, 0.15) is 105 Å². The highest BCUT2D eigenvalue weighted by Gasteiger charge is 2.43. The predicted molar refractivity (Wildman–Crippen MR) is 225 cm³/mol. The van der Waals surface area contributed by atoms with E-state index in [0.717, 1.165) is 28.3 Å². The number of ether oxygens (including phenoxy) is 6. The second kappa shape index (κ2) is 22.0. The minimum atomic E-state index is -1.59. The van der Waals surface area contributed by atoms with Crippen molar-refractivity contribution in [3.05, 3.63) is 99.7 Å². The molecule has 3 heterocycles. The maximum absolute atomic E-state index is 13.0. The Morgan fingerprint density at radius 2 is 1.20 bits per heavy atom. The molecule has 1 saturated heterocycles. The van der Waals surface area contributed by atoms with E-state index in [-0.39, 0.29) is 30.9 Å². The number of carbonyl (C=O) groups excluding carboxylic acids is 4. The molecule has 5 rings (SSSR count). The van der Waals surface area contributed by atoms with Gasteiger partial charge < -0.3 is 43.7 Å². The highest BCUT2D eigenvalue weighted by molar-refractivity contribution is 5.98. The van der Waals surface area contributed by atoms with E-state index in [4.69, 9.17) is 29.8 Å². The number of phenols is 1. The van der Waals surface area contributed by atoms with Crippen LogP contribution in [0, 0.1) is 20.8 Å². The Morgan fingerprint density at radius 1 is 0.712 bits per heavy atom. The molecule has 13 nitrogen and oxygen atoms in total. The number of carbonyl (C=O) groups is 4. The summed E-state index contributed by atoms with van der Waals surface area (Å²) in [6.07, 6.45) is 6.08. The normalized spacial score (nSPS) is 29.5. The fraction of sp³-hybridized carbons (Fsp3) is 0.478. The van der Waals surface area contributed by atoms with Gasteiger partial charge in [0, 0.05) is 15.6 Å². The summed E-state index contributed by atoms with van der Waals surface area (Å²) in [7, 11) is 4.15. The lowest BCUT2D eigenvalue weighted by atomic mass is 9.97. The van der Waals surface area contributed by atoms with Crippen molar-refractivity contribution in [3.63, 3.8) is 0 Å². The van der Waals surface area contributed by atoms with E-state index in [2.05, 4.69) is 0 Å². The SMILES string of the molecule is C.CO[C@@H]1/C=C\C(=O)[C@@H](O)[C@@H](O)C/C=C/c2cc(C)cc(O)c2C(=O)O[C@H]1C.CO[C@@H]1/C=C\C(=O)[C@H]2OC(C)(C)O[C@H]2C/C=C/c2cc(C)cc(C)c2C(=O)O[C@H]1C.[3H]C. The summed E-state index contributed by atoms with van der Waals surface area (Å²) in [5, 5.41) is 30.2. The van der Waals surface area contributed by atoms with Crippen LogP contribution in [0.25, 0.3) is 12.2 Å². The van der Waals surface area contributed by atoms with Crippen LogP contribution in [0.4, 0.5) is 0 Å². The number of aromatic hydroxyl groups is 1. The Labute approximate surface area is 349 Å². The Balaban J connectivity index is 0.000000393. The van der Waals surface area contributed by atoms with Gasteiger partial charge in [0.05, 0.1) is 17.8 Å². The van der Waals surface area contributed by atoms with Crippen LogP contribution in [0.5, 0.6) is 5.75 Å². The minimum Gasteiger partial charge on any atom is -0.507 e. The third-order valence-corrected chi connectivity index (χ3v) is 9.63. The van der Waals surface area contributed by atoms with Gasteiger partial charge in [-0.25, -0.2) is 9.59 Å². The lowest BCUT2D eigenvalue weighted by molar-refractivity contribution is -0.152. The number of aliphatic hydroxyl groups excluding tert-OH is 2. The van der Waals surface area contributed by atoms with Crippen molar-refractivity contribution in [2.75, 3.05) is 14.2 Å². The van der Waals surface area contributed by atoms with E-state index >= 15 is 0 Å². The first-order valence-corrected chi connectivity index (χ1v) is 18.8. The molecule has 0 amide bonds. The highest BCUT2D eigenvalue weighted by Crippen LogP contribution is 2.32. The van der Waals surface area contributed by atoms with Crippen molar-refractivity contribution in [3.8, 4) is 5.75 Å². The van der Waals surface area contributed by atoms with Gasteiger partial charge in [-0.3, -0.25) is 9.59 Å². The molecular weight excluding hydrogens is 760 g/mol. The average molecular weight is 825 g/mol. The van der Waals surface area contributed by atoms with Crippen molar-refractivity contribution < 1.29 is 64.3 Å². The molecule has 2 aromatic carbocycles. The molecule has 0 bridgehead atoms. The van der Waals surface area contributed by atoms with E-state index in [1.54, 1.807) is 46.8 Å². The molecular formula is C46H62O13. The predicted octanol–water partition coefficient (Wildman–Crippen LogP) is 6.72. The van der Waals surface area contributed by atoms with Gasteiger partial charge >= 0.3 is 11.9 Å². The zero-order valence-electron chi connectivity index (χ0n) is 35.9. The largest absolute Gasteiger partial charge is 0.507 e. The third-order valence-electron chi connectivity index (χ3n) is 9.63. The number of phenolic OH excluding ortho intramolecular Hbond substituents is 1. The molecule has 2 aromatic rings.